The molecular formula is C17H21FN2O2. The van der Waals surface area contributed by atoms with Gasteiger partial charge in [0.2, 0.25) is 0 Å². The van der Waals surface area contributed by atoms with Crippen LogP contribution in [0.3, 0.4) is 0 Å². The second kappa shape index (κ2) is 6.32. The fourth-order valence-corrected chi connectivity index (χ4v) is 2.01. The number of nitrogens with one attached hydrogen (secondary N) is 2. The van der Waals surface area contributed by atoms with E-state index in [-0.39, 0.29) is 23.7 Å². The van der Waals surface area contributed by atoms with Gasteiger partial charge in [0, 0.05) is 24.5 Å². The zero-order valence-corrected chi connectivity index (χ0v) is 13.0. The molecule has 1 atom stereocenters. The third kappa shape index (κ3) is 3.74. The van der Waals surface area contributed by atoms with E-state index < -0.39 is 6.10 Å². The molecule has 1 aromatic carbocycles. The van der Waals surface area contributed by atoms with E-state index in [2.05, 4.69) is 10.3 Å². The number of carbonyl (C=O) groups excluding carboxylic acids is 1. The fourth-order valence-electron chi connectivity index (χ4n) is 2.01. The molecule has 5 heteroatoms. The molecule has 0 aliphatic rings. The molecule has 0 spiro atoms. The smallest absolute Gasteiger partial charge is 0.253 e. The van der Waals surface area contributed by atoms with Crippen LogP contribution in [0.25, 0.3) is 11.1 Å². The summed E-state index contributed by atoms with van der Waals surface area (Å²) in [5, 5.41) is 12.7. The average Bonchev–Trinajstić information content (AvgIpc) is 2.93. The Bertz CT molecular complexity index is 641. The standard InChI is InChI=1S/C17H21FN2O2/c1-17(2,3)15(21)10-20-16(22)14-9-19-8-13(14)11-4-6-12(18)7-5-11/h4-9,15,19,21H,10H2,1-3H3,(H,20,22). The normalized spacial score (nSPS) is 13.0. The van der Waals surface area contributed by atoms with Crippen molar-refractivity contribution in [3.05, 3.63) is 48.0 Å². The molecular weight excluding hydrogens is 283 g/mol. The lowest BCUT2D eigenvalue weighted by atomic mass is 9.89. The molecule has 0 saturated heterocycles. The summed E-state index contributed by atoms with van der Waals surface area (Å²) in [4.78, 5) is 15.2. The Hall–Kier alpha value is -2.14. The molecule has 0 fully saturated rings. The Labute approximate surface area is 129 Å². The first-order valence-corrected chi connectivity index (χ1v) is 7.18. The van der Waals surface area contributed by atoms with Gasteiger partial charge in [-0.1, -0.05) is 32.9 Å². The fraction of sp³-hybridized carbons (Fsp3) is 0.353. The van der Waals surface area contributed by atoms with Crippen LogP contribution >= 0.6 is 0 Å². The summed E-state index contributed by atoms with van der Waals surface area (Å²) in [5.41, 5.74) is 1.62. The van der Waals surface area contributed by atoms with Gasteiger partial charge in [0.05, 0.1) is 11.7 Å². The predicted octanol–water partition coefficient (Wildman–Crippen LogP) is 2.96. The van der Waals surface area contributed by atoms with Crippen molar-refractivity contribution < 1.29 is 14.3 Å². The van der Waals surface area contributed by atoms with Crippen molar-refractivity contribution >= 4 is 5.91 Å². The van der Waals surface area contributed by atoms with Crippen LogP contribution in [0.5, 0.6) is 0 Å². The first-order chi connectivity index (χ1) is 10.3. The highest BCUT2D eigenvalue weighted by molar-refractivity contribution is 6.00. The van der Waals surface area contributed by atoms with Gasteiger partial charge in [0.15, 0.2) is 0 Å². The van der Waals surface area contributed by atoms with Crippen molar-refractivity contribution in [1.29, 1.82) is 0 Å². The van der Waals surface area contributed by atoms with Crippen molar-refractivity contribution in [2.75, 3.05) is 6.54 Å². The second-order valence-electron chi connectivity index (χ2n) is 6.38. The second-order valence-corrected chi connectivity index (χ2v) is 6.38. The van der Waals surface area contributed by atoms with Crippen LogP contribution < -0.4 is 5.32 Å². The number of carbonyl (C=O) groups is 1. The van der Waals surface area contributed by atoms with Gasteiger partial charge in [0.1, 0.15) is 5.82 Å². The van der Waals surface area contributed by atoms with Crippen LogP contribution in [0, 0.1) is 11.2 Å². The van der Waals surface area contributed by atoms with Gasteiger partial charge in [0.25, 0.3) is 5.91 Å². The maximum atomic E-state index is 13.0. The summed E-state index contributed by atoms with van der Waals surface area (Å²) in [6, 6.07) is 5.96. The number of halogens is 1. The summed E-state index contributed by atoms with van der Waals surface area (Å²) in [6.07, 6.45) is 2.66. The molecule has 1 unspecified atom stereocenters. The number of aliphatic hydroxyl groups excluding tert-OH is 1. The van der Waals surface area contributed by atoms with Crippen LogP contribution in [0.4, 0.5) is 4.39 Å². The van der Waals surface area contributed by atoms with Crippen molar-refractivity contribution in [2.45, 2.75) is 26.9 Å². The largest absolute Gasteiger partial charge is 0.391 e. The van der Waals surface area contributed by atoms with Crippen molar-refractivity contribution in [2.24, 2.45) is 5.41 Å². The van der Waals surface area contributed by atoms with E-state index >= 15 is 0 Å². The van der Waals surface area contributed by atoms with Crippen molar-refractivity contribution in [3.8, 4) is 11.1 Å². The van der Waals surface area contributed by atoms with E-state index in [1.165, 1.54) is 12.1 Å². The van der Waals surface area contributed by atoms with E-state index in [4.69, 9.17) is 0 Å². The Balaban J connectivity index is 2.12. The molecule has 4 nitrogen and oxygen atoms in total. The number of benzene rings is 1. The lowest BCUT2D eigenvalue weighted by Crippen LogP contribution is -2.39. The van der Waals surface area contributed by atoms with E-state index in [0.717, 1.165) is 5.56 Å². The number of aromatic amines is 1. The Morgan fingerprint density at radius 3 is 2.50 bits per heavy atom. The van der Waals surface area contributed by atoms with Gasteiger partial charge in [-0.25, -0.2) is 4.39 Å². The minimum atomic E-state index is -0.635. The third-order valence-corrected chi connectivity index (χ3v) is 3.60. The molecule has 0 saturated carbocycles. The molecule has 0 bridgehead atoms. The summed E-state index contributed by atoms with van der Waals surface area (Å²) < 4.78 is 13.0. The maximum absolute atomic E-state index is 13.0. The number of hydrogen-bond acceptors (Lipinski definition) is 2. The molecule has 0 aliphatic heterocycles. The summed E-state index contributed by atoms with van der Waals surface area (Å²) >= 11 is 0. The SMILES string of the molecule is CC(C)(C)C(O)CNC(=O)c1c[nH]cc1-c1ccc(F)cc1. The van der Waals surface area contributed by atoms with Crippen LogP contribution in [0.15, 0.2) is 36.7 Å². The molecule has 1 aromatic heterocycles. The van der Waals surface area contributed by atoms with Crippen LogP contribution in [-0.4, -0.2) is 28.6 Å². The number of aliphatic hydroxyl groups is 1. The molecule has 0 aliphatic carbocycles. The van der Waals surface area contributed by atoms with Crippen LogP contribution in [-0.2, 0) is 0 Å². The summed E-state index contributed by atoms with van der Waals surface area (Å²) in [6.45, 7) is 5.90. The van der Waals surface area contributed by atoms with E-state index in [9.17, 15) is 14.3 Å². The van der Waals surface area contributed by atoms with E-state index in [0.29, 0.717) is 11.1 Å². The average molecular weight is 304 g/mol. The molecule has 1 amide bonds. The van der Waals surface area contributed by atoms with Gasteiger partial charge < -0.3 is 15.4 Å². The Kier molecular flexibility index (Phi) is 4.66. The summed E-state index contributed by atoms with van der Waals surface area (Å²) in [7, 11) is 0. The molecule has 2 rings (SSSR count). The van der Waals surface area contributed by atoms with Gasteiger partial charge in [-0.3, -0.25) is 4.79 Å². The number of rotatable bonds is 4. The van der Waals surface area contributed by atoms with Crippen molar-refractivity contribution in [3.63, 3.8) is 0 Å². The molecule has 118 valence electrons. The van der Waals surface area contributed by atoms with Crippen molar-refractivity contribution in [1.82, 2.24) is 10.3 Å². The van der Waals surface area contributed by atoms with Crippen LogP contribution in [0.2, 0.25) is 0 Å². The molecule has 1 heterocycles. The lowest BCUT2D eigenvalue weighted by molar-refractivity contribution is 0.0587. The van der Waals surface area contributed by atoms with Gasteiger partial charge in [-0.15, -0.1) is 0 Å². The minimum absolute atomic E-state index is 0.177. The van der Waals surface area contributed by atoms with E-state index in [1.54, 1.807) is 24.5 Å². The van der Waals surface area contributed by atoms with Gasteiger partial charge >= 0.3 is 0 Å². The monoisotopic (exact) mass is 304 g/mol. The first kappa shape index (κ1) is 16.2. The summed E-state index contributed by atoms with van der Waals surface area (Å²) in [5.74, 6) is -0.595. The van der Waals surface area contributed by atoms with Gasteiger partial charge in [-0.05, 0) is 23.1 Å². The number of aromatic nitrogens is 1. The Morgan fingerprint density at radius 2 is 1.91 bits per heavy atom. The highest BCUT2D eigenvalue weighted by Crippen LogP contribution is 2.24. The number of H-pyrrole nitrogens is 1. The maximum Gasteiger partial charge on any atom is 0.253 e. The highest BCUT2D eigenvalue weighted by atomic mass is 19.1. The van der Waals surface area contributed by atoms with Crippen LogP contribution in [0.1, 0.15) is 31.1 Å². The minimum Gasteiger partial charge on any atom is -0.391 e. The lowest BCUT2D eigenvalue weighted by Gasteiger charge is -2.25. The molecule has 0 radical (unpaired) electrons. The zero-order chi connectivity index (χ0) is 16.3. The topological polar surface area (TPSA) is 65.1 Å². The third-order valence-electron chi connectivity index (χ3n) is 3.60. The molecule has 22 heavy (non-hydrogen) atoms. The highest BCUT2D eigenvalue weighted by Gasteiger charge is 2.23. The number of hydrogen-bond donors (Lipinski definition) is 3. The predicted molar refractivity (Wildman–Crippen MR) is 84.0 cm³/mol. The number of amides is 1. The Morgan fingerprint density at radius 1 is 1.27 bits per heavy atom. The quantitative estimate of drug-likeness (QED) is 0.813. The molecule has 3 N–H and O–H groups in total. The van der Waals surface area contributed by atoms with Gasteiger partial charge in [-0.2, -0.15) is 0 Å². The first-order valence-electron chi connectivity index (χ1n) is 7.18. The molecule has 2 aromatic rings. The van der Waals surface area contributed by atoms with E-state index in [1.807, 2.05) is 20.8 Å². The zero-order valence-electron chi connectivity index (χ0n) is 13.0.